The molecule has 0 saturated carbocycles. The molecule has 0 N–H and O–H groups in total. The van der Waals surface area contributed by atoms with Crippen LogP contribution in [0.5, 0.6) is 11.6 Å². The van der Waals surface area contributed by atoms with Gasteiger partial charge in [0, 0.05) is 18.5 Å². The second-order valence-corrected chi connectivity index (χ2v) is 3.60. The van der Waals surface area contributed by atoms with Gasteiger partial charge in [0.2, 0.25) is 0 Å². The van der Waals surface area contributed by atoms with Crippen LogP contribution in [0.4, 0.5) is 4.39 Å². The summed E-state index contributed by atoms with van der Waals surface area (Å²) >= 11 is 11.3. The second-order valence-electron chi connectivity index (χ2n) is 2.83. The Morgan fingerprint density at radius 3 is 2.56 bits per heavy atom. The number of rotatable bonds is 2. The molecule has 0 aliphatic carbocycles. The van der Waals surface area contributed by atoms with Crippen molar-refractivity contribution in [1.29, 1.82) is 0 Å². The smallest absolute Gasteiger partial charge is 0.257 e. The van der Waals surface area contributed by atoms with Crippen molar-refractivity contribution in [3.05, 3.63) is 46.6 Å². The Bertz CT molecular complexity index is 522. The molecule has 0 unspecified atom stereocenters. The molecule has 1 aromatic heterocycles. The largest absolute Gasteiger partial charge is 0.436 e. The molecule has 0 spiro atoms. The van der Waals surface area contributed by atoms with Crippen LogP contribution in [0.25, 0.3) is 0 Å². The average Bonchev–Trinajstić information content (AvgIpc) is 2.27. The van der Waals surface area contributed by atoms with Crippen molar-refractivity contribution in [2.24, 2.45) is 0 Å². The highest BCUT2D eigenvalue weighted by Gasteiger charge is 2.07. The maximum absolute atomic E-state index is 13.1. The van der Waals surface area contributed by atoms with E-state index >= 15 is 0 Å². The zero-order chi connectivity index (χ0) is 11.5. The molecule has 1 heterocycles. The first-order valence-electron chi connectivity index (χ1n) is 4.26. The van der Waals surface area contributed by atoms with E-state index in [2.05, 4.69) is 9.97 Å². The van der Waals surface area contributed by atoms with E-state index in [1.807, 2.05) is 0 Å². The van der Waals surface area contributed by atoms with E-state index in [-0.39, 0.29) is 21.8 Å². The van der Waals surface area contributed by atoms with Crippen molar-refractivity contribution in [3.8, 4) is 11.6 Å². The first-order valence-corrected chi connectivity index (χ1v) is 5.02. The topological polar surface area (TPSA) is 35.0 Å². The predicted molar refractivity (Wildman–Crippen MR) is 58.5 cm³/mol. The van der Waals surface area contributed by atoms with Gasteiger partial charge in [-0.25, -0.2) is 14.4 Å². The number of halogens is 3. The lowest BCUT2D eigenvalue weighted by atomic mass is 10.3. The summed E-state index contributed by atoms with van der Waals surface area (Å²) in [7, 11) is 0. The molecule has 0 bridgehead atoms. The summed E-state index contributed by atoms with van der Waals surface area (Å²) in [5, 5.41) is 0.135. The maximum atomic E-state index is 13.1. The fourth-order valence-corrected chi connectivity index (χ4v) is 1.29. The van der Waals surface area contributed by atoms with E-state index in [0.717, 1.165) is 6.07 Å². The van der Waals surface area contributed by atoms with Crippen LogP contribution in [0, 0.1) is 5.82 Å². The number of benzene rings is 1. The van der Waals surface area contributed by atoms with Crippen LogP contribution >= 0.6 is 23.2 Å². The fraction of sp³-hybridized carbons (Fsp3) is 0. The molecule has 2 aromatic rings. The second kappa shape index (κ2) is 4.63. The highest BCUT2D eigenvalue weighted by atomic mass is 35.5. The molecule has 0 radical (unpaired) electrons. The Morgan fingerprint density at radius 2 is 1.88 bits per heavy atom. The quantitative estimate of drug-likeness (QED) is 0.824. The average molecular weight is 259 g/mol. The SMILES string of the molecule is Fc1cc(Oc2nccnc2Cl)ccc1Cl. The predicted octanol–water partition coefficient (Wildman–Crippen LogP) is 3.71. The van der Waals surface area contributed by atoms with Gasteiger partial charge in [-0.15, -0.1) is 0 Å². The summed E-state index contributed by atoms with van der Waals surface area (Å²) in [5.41, 5.74) is 0. The van der Waals surface area contributed by atoms with Gasteiger partial charge in [0.1, 0.15) is 11.6 Å². The first kappa shape index (κ1) is 11.1. The highest BCUT2D eigenvalue weighted by molar-refractivity contribution is 6.31. The van der Waals surface area contributed by atoms with Crippen molar-refractivity contribution >= 4 is 23.2 Å². The Kier molecular flexibility index (Phi) is 3.22. The molecular formula is C10H5Cl2FN2O. The molecule has 0 aliphatic rings. The molecule has 2 rings (SSSR count). The zero-order valence-electron chi connectivity index (χ0n) is 7.82. The van der Waals surface area contributed by atoms with Crippen LogP contribution in [0.2, 0.25) is 10.2 Å². The van der Waals surface area contributed by atoms with Gasteiger partial charge in [0.25, 0.3) is 5.88 Å². The third-order valence-electron chi connectivity index (χ3n) is 1.73. The monoisotopic (exact) mass is 258 g/mol. The number of nitrogens with zero attached hydrogens (tertiary/aromatic N) is 2. The van der Waals surface area contributed by atoms with Crippen LogP contribution < -0.4 is 4.74 Å². The van der Waals surface area contributed by atoms with E-state index in [1.54, 1.807) is 0 Å². The Morgan fingerprint density at radius 1 is 1.12 bits per heavy atom. The van der Waals surface area contributed by atoms with Crippen LogP contribution in [0.3, 0.4) is 0 Å². The molecule has 82 valence electrons. The Hall–Kier alpha value is -1.39. The van der Waals surface area contributed by atoms with Gasteiger partial charge in [-0.05, 0) is 12.1 Å². The Labute approximate surface area is 101 Å². The van der Waals surface area contributed by atoms with Gasteiger partial charge in [-0.2, -0.15) is 0 Å². The molecule has 0 atom stereocenters. The van der Waals surface area contributed by atoms with Gasteiger partial charge < -0.3 is 4.74 Å². The third kappa shape index (κ3) is 2.40. The van der Waals surface area contributed by atoms with E-state index < -0.39 is 5.82 Å². The number of hydrogen-bond acceptors (Lipinski definition) is 3. The van der Waals surface area contributed by atoms with E-state index in [4.69, 9.17) is 27.9 Å². The Balaban J connectivity index is 2.28. The minimum Gasteiger partial charge on any atom is -0.436 e. The summed E-state index contributed by atoms with van der Waals surface area (Å²) in [6.45, 7) is 0. The van der Waals surface area contributed by atoms with Crippen LogP contribution in [0.1, 0.15) is 0 Å². The molecule has 16 heavy (non-hydrogen) atoms. The summed E-state index contributed by atoms with van der Waals surface area (Å²) in [6.07, 6.45) is 2.85. The molecule has 6 heteroatoms. The fourth-order valence-electron chi connectivity index (χ4n) is 1.03. The maximum Gasteiger partial charge on any atom is 0.257 e. The molecule has 1 aromatic carbocycles. The molecule has 0 aliphatic heterocycles. The highest BCUT2D eigenvalue weighted by Crippen LogP contribution is 2.27. The van der Waals surface area contributed by atoms with Crippen molar-refractivity contribution < 1.29 is 9.13 Å². The van der Waals surface area contributed by atoms with Gasteiger partial charge in [0.15, 0.2) is 5.15 Å². The molecule has 0 amide bonds. The van der Waals surface area contributed by atoms with Gasteiger partial charge in [0.05, 0.1) is 5.02 Å². The summed E-state index contributed by atoms with van der Waals surface area (Å²) in [5.74, 6) is -0.200. The minimum absolute atomic E-state index is 0.0255. The number of aromatic nitrogens is 2. The lowest BCUT2D eigenvalue weighted by molar-refractivity contribution is 0.456. The van der Waals surface area contributed by atoms with Gasteiger partial charge >= 0.3 is 0 Å². The van der Waals surface area contributed by atoms with Crippen LogP contribution in [-0.2, 0) is 0 Å². The number of ether oxygens (including phenoxy) is 1. The van der Waals surface area contributed by atoms with E-state index in [9.17, 15) is 4.39 Å². The summed E-state index contributed by atoms with van der Waals surface area (Å²) in [4.78, 5) is 7.63. The molecular weight excluding hydrogens is 254 g/mol. The minimum atomic E-state index is -0.570. The van der Waals surface area contributed by atoms with Gasteiger partial charge in [-0.3, -0.25) is 0 Å². The van der Waals surface area contributed by atoms with Crippen molar-refractivity contribution in [1.82, 2.24) is 9.97 Å². The summed E-state index contributed by atoms with van der Waals surface area (Å²) < 4.78 is 18.3. The van der Waals surface area contributed by atoms with E-state index in [0.29, 0.717) is 0 Å². The zero-order valence-corrected chi connectivity index (χ0v) is 9.34. The molecule has 0 fully saturated rings. The normalized spacial score (nSPS) is 10.2. The lowest BCUT2D eigenvalue weighted by Gasteiger charge is -2.05. The van der Waals surface area contributed by atoms with E-state index in [1.165, 1.54) is 24.5 Å². The standard InChI is InChI=1S/C10H5Cl2FN2O/c11-7-2-1-6(5-8(7)13)16-10-9(12)14-3-4-15-10/h1-5H. The summed E-state index contributed by atoms with van der Waals surface area (Å²) in [6, 6.07) is 4.04. The van der Waals surface area contributed by atoms with Crippen LogP contribution in [0.15, 0.2) is 30.6 Å². The number of hydrogen-bond donors (Lipinski definition) is 0. The molecule has 0 saturated heterocycles. The van der Waals surface area contributed by atoms with Crippen LogP contribution in [-0.4, -0.2) is 9.97 Å². The van der Waals surface area contributed by atoms with Crippen molar-refractivity contribution in [2.75, 3.05) is 0 Å². The van der Waals surface area contributed by atoms with Gasteiger partial charge in [-0.1, -0.05) is 23.2 Å². The first-order chi connectivity index (χ1) is 7.66. The third-order valence-corrected chi connectivity index (χ3v) is 2.29. The van der Waals surface area contributed by atoms with Crippen molar-refractivity contribution in [3.63, 3.8) is 0 Å². The van der Waals surface area contributed by atoms with Crippen molar-refractivity contribution in [2.45, 2.75) is 0 Å². The molecule has 3 nitrogen and oxygen atoms in total. The lowest BCUT2D eigenvalue weighted by Crippen LogP contribution is -1.91.